The average molecular weight is 238 g/mol. The molecule has 0 heterocycles. The number of allylic oxidation sites excluding steroid dienone is 1. The lowest BCUT2D eigenvalue weighted by Gasteiger charge is -2.05. The monoisotopic (exact) mass is 238 g/mol. The summed E-state index contributed by atoms with van der Waals surface area (Å²) in [4.78, 5) is 0. The summed E-state index contributed by atoms with van der Waals surface area (Å²) in [5.41, 5.74) is 3.71. The first-order chi connectivity index (χ1) is 8.75. The van der Waals surface area contributed by atoms with Crippen molar-refractivity contribution in [3.8, 4) is 5.75 Å². The number of aryl methyl sites for hydroxylation is 2. The molecule has 0 spiro atoms. The van der Waals surface area contributed by atoms with Crippen molar-refractivity contribution >= 4 is 0 Å². The van der Waals surface area contributed by atoms with Crippen molar-refractivity contribution in [3.05, 3.63) is 77.6 Å². The van der Waals surface area contributed by atoms with Gasteiger partial charge in [-0.25, -0.2) is 0 Å². The molecule has 0 N–H and O–H groups in total. The number of benzene rings is 2. The van der Waals surface area contributed by atoms with E-state index >= 15 is 0 Å². The van der Waals surface area contributed by atoms with Gasteiger partial charge < -0.3 is 4.74 Å². The third-order valence-electron chi connectivity index (χ3n) is 2.82. The van der Waals surface area contributed by atoms with E-state index in [1.165, 1.54) is 16.7 Å². The second kappa shape index (κ2) is 6.06. The van der Waals surface area contributed by atoms with Crippen LogP contribution < -0.4 is 4.74 Å². The summed E-state index contributed by atoms with van der Waals surface area (Å²) in [6, 6.07) is 16.6. The van der Waals surface area contributed by atoms with Crippen molar-refractivity contribution in [2.45, 2.75) is 20.3 Å². The van der Waals surface area contributed by atoms with Crippen LogP contribution >= 0.6 is 0 Å². The van der Waals surface area contributed by atoms with E-state index in [0.29, 0.717) is 0 Å². The summed E-state index contributed by atoms with van der Waals surface area (Å²) >= 11 is 0. The second-order valence-electron chi connectivity index (χ2n) is 4.45. The van der Waals surface area contributed by atoms with Gasteiger partial charge in [-0.2, -0.15) is 0 Å². The van der Waals surface area contributed by atoms with Gasteiger partial charge in [0.15, 0.2) is 0 Å². The van der Waals surface area contributed by atoms with Crippen molar-refractivity contribution in [2.75, 3.05) is 0 Å². The van der Waals surface area contributed by atoms with E-state index < -0.39 is 0 Å². The molecule has 1 nitrogen and oxygen atoms in total. The standard InChI is InChI=1S/C17H18O/c1-14-10-11-17(15(2)13-14)18-12-6-9-16-7-4-3-5-8-16/h3-8,10-13H,9H2,1-2H3. The summed E-state index contributed by atoms with van der Waals surface area (Å²) in [5, 5.41) is 0. The summed E-state index contributed by atoms with van der Waals surface area (Å²) < 4.78 is 5.63. The van der Waals surface area contributed by atoms with Gasteiger partial charge in [0.05, 0.1) is 6.26 Å². The summed E-state index contributed by atoms with van der Waals surface area (Å²) in [6.07, 6.45) is 4.70. The maximum absolute atomic E-state index is 5.63. The van der Waals surface area contributed by atoms with Crippen LogP contribution in [0.5, 0.6) is 5.75 Å². The minimum absolute atomic E-state index is 0.895. The molecule has 18 heavy (non-hydrogen) atoms. The summed E-state index contributed by atoms with van der Waals surface area (Å²) in [7, 11) is 0. The Labute approximate surface area is 109 Å². The molecule has 0 saturated carbocycles. The highest BCUT2D eigenvalue weighted by molar-refractivity contribution is 5.36. The van der Waals surface area contributed by atoms with E-state index in [0.717, 1.165) is 12.2 Å². The second-order valence-corrected chi connectivity index (χ2v) is 4.45. The van der Waals surface area contributed by atoms with Crippen LogP contribution in [0.3, 0.4) is 0 Å². The van der Waals surface area contributed by atoms with E-state index in [2.05, 4.69) is 38.1 Å². The fraction of sp³-hybridized carbons (Fsp3) is 0.176. The zero-order valence-corrected chi connectivity index (χ0v) is 10.9. The Balaban J connectivity index is 1.91. The molecule has 2 aromatic carbocycles. The van der Waals surface area contributed by atoms with E-state index in [1.54, 1.807) is 6.26 Å². The Kier molecular flexibility index (Phi) is 4.19. The smallest absolute Gasteiger partial charge is 0.129 e. The molecule has 92 valence electrons. The minimum Gasteiger partial charge on any atom is -0.465 e. The molecule has 0 aromatic heterocycles. The summed E-state index contributed by atoms with van der Waals surface area (Å²) in [5.74, 6) is 0.921. The fourth-order valence-electron chi connectivity index (χ4n) is 1.85. The van der Waals surface area contributed by atoms with Gasteiger partial charge in [-0.15, -0.1) is 0 Å². The van der Waals surface area contributed by atoms with Crippen molar-refractivity contribution < 1.29 is 4.74 Å². The number of hydrogen-bond acceptors (Lipinski definition) is 1. The van der Waals surface area contributed by atoms with E-state index in [9.17, 15) is 0 Å². The van der Waals surface area contributed by atoms with Crippen LogP contribution in [0.4, 0.5) is 0 Å². The first-order valence-electron chi connectivity index (χ1n) is 6.18. The Hall–Kier alpha value is -2.02. The van der Waals surface area contributed by atoms with Gasteiger partial charge in [0.25, 0.3) is 0 Å². The fourth-order valence-corrected chi connectivity index (χ4v) is 1.85. The highest BCUT2D eigenvalue weighted by Gasteiger charge is 1.96. The third kappa shape index (κ3) is 3.49. The average Bonchev–Trinajstić information content (AvgIpc) is 2.38. The van der Waals surface area contributed by atoms with Crippen LogP contribution in [0, 0.1) is 13.8 Å². The van der Waals surface area contributed by atoms with Gasteiger partial charge in [-0.05, 0) is 43.5 Å². The Morgan fingerprint density at radius 1 is 1.00 bits per heavy atom. The minimum atomic E-state index is 0.895. The molecule has 0 fully saturated rings. The lowest BCUT2D eigenvalue weighted by molar-refractivity contribution is 0.475. The molecule has 1 heteroatoms. The normalized spacial score (nSPS) is 10.8. The SMILES string of the molecule is Cc1ccc(OC=CCc2ccccc2)c(C)c1. The highest BCUT2D eigenvalue weighted by Crippen LogP contribution is 2.18. The molecular weight excluding hydrogens is 220 g/mol. The van der Waals surface area contributed by atoms with E-state index in [1.807, 2.05) is 30.3 Å². The van der Waals surface area contributed by atoms with Crippen molar-refractivity contribution in [2.24, 2.45) is 0 Å². The molecule has 0 saturated heterocycles. The molecule has 0 aliphatic heterocycles. The molecule has 0 bridgehead atoms. The molecule has 0 amide bonds. The first-order valence-corrected chi connectivity index (χ1v) is 6.18. The van der Waals surface area contributed by atoms with E-state index in [4.69, 9.17) is 4.74 Å². The topological polar surface area (TPSA) is 9.23 Å². The number of rotatable bonds is 4. The van der Waals surface area contributed by atoms with E-state index in [-0.39, 0.29) is 0 Å². The largest absolute Gasteiger partial charge is 0.465 e. The van der Waals surface area contributed by atoms with Crippen LogP contribution in [0.2, 0.25) is 0 Å². The number of hydrogen-bond donors (Lipinski definition) is 0. The van der Waals surface area contributed by atoms with Gasteiger partial charge >= 0.3 is 0 Å². The van der Waals surface area contributed by atoms with Crippen LogP contribution in [-0.4, -0.2) is 0 Å². The van der Waals surface area contributed by atoms with Gasteiger partial charge in [0, 0.05) is 0 Å². The zero-order valence-electron chi connectivity index (χ0n) is 10.9. The molecule has 0 aliphatic rings. The molecule has 2 aromatic rings. The maximum atomic E-state index is 5.63. The van der Waals surface area contributed by atoms with Crippen LogP contribution in [0.25, 0.3) is 0 Å². The first kappa shape index (κ1) is 12.4. The van der Waals surface area contributed by atoms with Crippen molar-refractivity contribution in [1.82, 2.24) is 0 Å². The van der Waals surface area contributed by atoms with Crippen LogP contribution in [0.15, 0.2) is 60.9 Å². The van der Waals surface area contributed by atoms with Crippen molar-refractivity contribution in [1.29, 1.82) is 0 Å². The van der Waals surface area contributed by atoms with Gasteiger partial charge in [0.1, 0.15) is 5.75 Å². The Morgan fingerprint density at radius 3 is 2.50 bits per heavy atom. The molecule has 0 radical (unpaired) electrons. The molecular formula is C17H18O. The highest BCUT2D eigenvalue weighted by atomic mass is 16.5. The molecule has 0 atom stereocenters. The predicted molar refractivity (Wildman–Crippen MR) is 75.8 cm³/mol. The van der Waals surface area contributed by atoms with Crippen molar-refractivity contribution in [3.63, 3.8) is 0 Å². The lowest BCUT2D eigenvalue weighted by Crippen LogP contribution is -1.88. The zero-order chi connectivity index (χ0) is 12.8. The maximum Gasteiger partial charge on any atom is 0.129 e. The Morgan fingerprint density at radius 2 is 1.78 bits per heavy atom. The van der Waals surface area contributed by atoms with Gasteiger partial charge in [0.2, 0.25) is 0 Å². The van der Waals surface area contributed by atoms with Crippen LogP contribution in [0.1, 0.15) is 16.7 Å². The number of ether oxygens (including phenoxy) is 1. The predicted octanol–water partition coefficient (Wildman–Crippen LogP) is 4.44. The molecule has 0 aliphatic carbocycles. The molecule has 0 unspecified atom stereocenters. The van der Waals surface area contributed by atoms with Gasteiger partial charge in [-0.1, -0.05) is 48.0 Å². The lowest BCUT2D eigenvalue weighted by atomic mass is 10.1. The molecule has 2 rings (SSSR count). The van der Waals surface area contributed by atoms with Crippen LogP contribution in [-0.2, 0) is 6.42 Å². The Bertz CT molecular complexity index is 527. The summed E-state index contributed by atoms with van der Waals surface area (Å²) in [6.45, 7) is 4.15. The third-order valence-corrected chi connectivity index (χ3v) is 2.82. The quantitative estimate of drug-likeness (QED) is 0.715. The van der Waals surface area contributed by atoms with Gasteiger partial charge in [-0.3, -0.25) is 0 Å².